The Morgan fingerprint density at radius 3 is 2.70 bits per heavy atom. The average Bonchev–Trinajstić information content (AvgIpc) is 2.47. The SMILES string of the molecule is CCc1cccc(C)c1N(C(=O)CCl)C(CI)COC. The molecular formula is C15H21ClINO2. The summed E-state index contributed by atoms with van der Waals surface area (Å²) >= 11 is 8.09. The Labute approximate surface area is 139 Å². The molecule has 112 valence electrons. The summed E-state index contributed by atoms with van der Waals surface area (Å²) < 4.78 is 6.06. The summed E-state index contributed by atoms with van der Waals surface area (Å²) in [5.74, 6) is -0.0941. The maximum Gasteiger partial charge on any atom is 0.242 e. The van der Waals surface area contributed by atoms with E-state index in [0.29, 0.717) is 6.61 Å². The summed E-state index contributed by atoms with van der Waals surface area (Å²) in [6.45, 7) is 4.63. The fraction of sp³-hybridized carbons (Fsp3) is 0.533. The van der Waals surface area contributed by atoms with Gasteiger partial charge in [0.05, 0.1) is 18.3 Å². The summed E-state index contributed by atoms with van der Waals surface area (Å²) in [7, 11) is 1.65. The van der Waals surface area contributed by atoms with Crippen LogP contribution in [0.25, 0.3) is 0 Å². The van der Waals surface area contributed by atoms with E-state index >= 15 is 0 Å². The normalized spacial score (nSPS) is 12.2. The lowest BCUT2D eigenvalue weighted by Gasteiger charge is -2.32. The molecule has 0 N–H and O–H groups in total. The van der Waals surface area contributed by atoms with Crippen molar-refractivity contribution in [3.8, 4) is 0 Å². The molecule has 0 fully saturated rings. The van der Waals surface area contributed by atoms with Crippen molar-refractivity contribution in [1.82, 2.24) is 0 Å². The maximum atomic E-state index is 12.3. The second-order valence-electron chi connectivity index (χ2n) is 4.60. The summed E-state index contributed by atoms with van der Waals surface area (Å²) in [6, 6.07) is 6.11. The van der Waals surface area contributed by atoms with Crippen LogP contribution in [-0.4, -0.2) is 36.0 Å². The number of carbonyl (C=O) groups is 1. The topological polar surface area (TPSA) is 29.5 Å². The Morgan fingerprint density at radius 2 is 2.20 bits per heavy atom. The third-order valence-electron chi connectivity index (χ3n) is 3.23. The minimum absolute atomic E-state index is 0.00162. The quantitative estimate of drug-likeness (QED) is 0.509. The monoisotopic (exact) mass is 409 g/mol. The molecule has 3 nitrogen and oxygen atoms in total. The van der Waals surface area contributed by atoms with Crippen molar-refractivity contribution >= 4 is 45.8 Å². The van der Waals surface area contributed by atoms with Crippen molar-refractivity contribution in [2.24, 2.45) is 0 Å². The van der Waals surface area contributed by atoms with Gasteiger partial charge < -0.3 is 9.64 Å². The van der Waals surface area contributed by atoms with Gasteiger partial charge in [0.15, 0.2) is 0 Å². The smallest absolute Gasteiger partial charge is 0.242 e. The summed E-state index contributed by atoms with van der Waals surface area (Å²) in [4.78, 5) is 14.2. The molecule has 0 aliphatic rings. The van der Waals surface area contributed by atoms with E-state index in [1.807, 2.05) is 24.0 Å². The van der Waals surface area contributed by atoms with Gasteiger partial charge >= 0.3 is 0 Å². The Hall–Kier alpha value is -0.330. The molecule has 0 aromatic heterocycles. The number of rotatable bonds is 7. The highest BCUT2D eigenvalue weighted by Gasteiger charge is 2.26. The number of hydrogen-bond acceptors (Lipinski definition) is 2. The van der Waals surface area contributed by atoms with Crippen LogP contribution in [-0.2, 0) is 16.0 Å². The predicted molar refractivity (Wildman–Crippen MR) is 93.3 cm³/mol. The molecule has 5 heteroatoms. The van der Waals surface area contributed by atoms with Crippen LogP contribution < -0.4 is 4.90 Å². The molecule has 0 radical (unpaired) electrons. The Balaban J connectivity index is 3.33. The van der Waals surface area contributed by atoms with Crippen LogP contribution in [0.3, 0.4) is 0 Å². The number of aryl methyl sites for hydroxylation is 2. The van der Waals surface area contributed by atoms with E-state index in [9.17, 15) is 4.79 Å². The highest BCUT2D eigenvalue weighted by atomic mass is 127. The van der Waals surface area contributed by atoms with Gasteiger partial charge in [-0.2, -0.15) is 0 Å². The van der Waals surface area contributed by atoms with E-state index in [-0.39, 0.29) is 17.8 Å². The fourth-order valence-corrected chi connectivity index (χ4v) is 3.08. The molecule has 0 saturated carbocycles. The van der Waals surface area contributed by atoms with Gasteiger partial charge in [0.25, 0.3) is 0 Å². The zero-order chi connectivity index (χ0) is 15.1. The Morgan fingerprint density at radius 1 is 1.50 bits per heavy atom. The first-order chi connectivity index (χ1) is 9.60. The maximum absolute atomic E-state index is 12.3. The molecule has 0 spiro atoms. The zero-order valence-electron chi connectivity index (χ0n) is 12.2. The summed E-state index contributed by atoms with van der Waals surface area (Å²) in [5.41, 5.74) is 3.24. The average molecular weight is 410 g/mol. The molecule has 1 aromatic carbocycles. The number of amides is 1. The molecule has 1 aromatic rings. The minimum Gasteiger partial charge on any atom is -0.383 e. The van der Waals surface area contributed by atoms with Crippen molar-refractivity contribution in [3.63, 3.8) is 0 Å². The van der Waals surface area contributed by atoms with Crippen molar-refractivity contribution in [3.05, 3.63) is 29.3 Å². The summed E-state index contributed by atoms with van der Waals surface area (Å²) in [6.07, 6.45) is 0.879. The van der Waals surface area contributed by atoms with E-state index in [1.54, 1.807) is 7.11 Å². The van der Waals surface area contributed by atoms with Crippen LogP contribution in [0.4, 0.5) is 5.69 Å². The molecule has 1 unspecified atom stereocenters. The number of anilines is 1. The molecule has 0 aliphatic heterocycles. The predicted octanol–water partition coefficient (Wildman–Crippen LogP) is 3.58. The summed E-state index contributed by atoms with van der Waals surface area (Å²) in [5, 5.41) is 0. The lowest BCUT2D eigenvalue weighted by atomic mass is 10.0. The number of methoxy groups -OCH3 is 1. The van der Waals surface area contributed by atoms with Crippen LogP contribution in [0.2, 0.25) is 0 Å². The van der Waals surface area contributed by atoms with Gasteiger partial charge in [0.2, 0.25) is 5.91 Å². The molecule has 20 heavy (non-hydrogen) atoms. The largest absolute Gasteiger partial charge is 0.383 e. The Kier molecular flexibility index (Phi) is 7.84. The fourth-order valence-electron chi connectivity index (χ4n) is 2.31. The van der Waals surface area contributed by atoms with Crippen molar-refractivity contribution in [2.75, 3.05) is 28.9 Å². The second kappa shape index (κ2) is 8.85. The molecule has 0 bridgehead atoms. The molecule has 1 atom stereocenters. The number of nitrogens with zero attached hydrogens (tertiary/aromatic N) is 1. The van der Waals surface area contributed by atoms with Crippen LogP contribution >= 0.6 is 34.2 Å². The third kappa shape index (κ3) is 4.09. The number of ether oxygens (including phenoxy) is 1. The van der Waals surface area contributed by atoms with E-state index in [4.69, 9.17) is 16.3 Å². The van der Waals surface area contributed by atoms with Gasteiger partial charge in [-0.25, -0.2) is 0 Å². The lowest BCUT2D eigenvalue weighted by Crippen LogP contribution is -2.45. The van der Waals surface area contributed by atoms with Crippen LogP contribution in [0.15, 0.2) is 18.2 Å². The third-order valence-corrected chi connectivity index (χ3v) is 4.47. The highest BCUT2D eigenvalue weighted by Crippen LogP contribution is 2.28. The van der Waals surface area contributed by atoms with Gasteiger partial charge in [-0.3, -0.25) is 4.79 Å². The van der Waals surface area contributed by atoms with Crippen LogP contribution in [0.5, 0.6) is 0 Å². The van der Waals surface area contributed by atoms with E-state index in [0.717, 1.165) is 27.7 Å². The molecular weight excluding hydrogens is 389 g/mol. The molecule has 0 saturated heterocycles. The van der Waals surface area contributed by atoms with Gasteiger partial charge in [0, 0.05) is 11.5 Å². The lowest BCUT2D eigenvalue weighted by molar-refractivity contribution is -0.116. The van der Waals surface area contributed by atoms with Gasteiger partial charge in [-0.15, -0.1) is 11.6 Å². The number of alkyl halides is 2. The molecule has 1 rings (SSSR count). The zero-order valence-corrected chi connectivity index (χ0v) is 15.1. The Bertz CT molecular complexity index is 453. The molecule has 1 amide bonds. The number of para-hydroxylation sites is 1. The standard InChI is InChI=1S/C15H21ClINO2/c1-4-12-7-5-6-11(2)15(12)18(14(19)8-16)13(9-17)10-20-3/h5-7,13H,4,8-10H2,1-3H3. The van der Waals surface area contributed by atoms with Crippen LogP contribution in [0.1, 0.15) is 18.1 Å². The first-order valence-corrected chi connectivity index (χ1v) is 8.68. The minimum atomic E-state index is -0.0746. The highest BCUT2D eigenvalue weighted by molar-refractivity contribution is 14.1. The molecule has 0 heterocycles. The van der Waals surface area contributed by atoms with Gasteiger partial charge in [-0.05, 0) is 24.5 Å². The van der Waals surface area contributed by atoms with E-state index in [1.165, 1.54) is 0 Å². The number of hydrogen-bond donors (Lipinski definition) is 0. The first kappa shape index (κ1) is 17.7. The van der Waals surface area contributed by atoms with Gasteiger partial charge in [0.1, 0.15) is 5.88 Å². The number of benzene rings is 1. The van der Waals surface area contributed by atoms with Crippen LogP contribution in [0, 0.1) is 6.92 Å². The van der Waals surface area contributed by atoms with Crippen molar-refractivity contribution in [1.29, 1.82) is 0 Å². The van der Waals surface area contributed by atoms with E-state index in [2.05, 4.69) is 35.6 Å². The van der Waals surface area contributed by atoms with Crippen molar-refractivity contribution < 1.29 is 9.53 Å². The molecule has 0 aliphatic carbocycles. The van der Waals surface area contributed by atoms with Crippen molar-refractivity contribution in [2.45, 2.75) is 26.3 Å². The number of carbonyl (C=O) groups excluding carboxylic acids is 1. The van der Waals surface area contributed by atoms with E-state index < -0.39 is 0 Å². The first-order valence-electron chi connectivity index (χ1n) is 6.62. The second-order valence-corrected chi connectivity index (χ2v) is 5.75. The number of halogens is 2. The van der Waals surface area contributed by atoms with Gasteiger partial charge in [-0.1, -0.05) is 47.7 Å².